The van der Waals surface area contributed by atoms with Gasteiger partial charge in [-0.2, -0.15) is 0 Å². The molecule has 2 amide bonds. The molecule has 42 heavy (non-hydrogen) atoms. The highest BCUT2D eigenvalue weighted by Crippen LogP contribution is 2.28. The van der Waals surface area contributed by atoms with E-state index in [1.807, 2.05) is 44.2 Å². The van der Waals surface area contributed by atoms with Gasteiger partial charge in [0.25, 0.3) is 0 Å². The van der Waals surface area contributed by atoms with Gasteiger partial charge in [-0.3, -0.25) is 13.9 Å². The van der Waals surface area contributed by atoms with E-state index >= 15 is 0 Å². The van der Waals surface area contributed by atoms with E-state index in [-0.39, 0.29) is 50.1 Å². The summed E-state index contributed by atoms with van der Waals surface area (Å²) in [4.78, 5) is 29.0. The van der Waals surface area contributed by atoms with E-state index in [0.29, 0.717) is 27.8 Å². The van der Waals surface area contributed by atoms with Crippen LogP contribution in [0.5, 0.6) is 0 Å². The van der Waals surface area contributed by atoms with Crippen molar-refractivity contribution in [2.45, 2.75) is 45.7 Å². The molecule has 226 valence electrons. The van der Waals surface area contributed by atoms with Gasteiger partial charge in [0.1, 0.15) is 11.9 Å². The van der Waals surface area contributed by atoms with Crippen LogP contribution in [0.4, 0.5) is 10.1 Å². The molecule has 0 radical (unpaired) electrons. The lowest BCUT2D eigenvalue weighted by Gasteiger charge is -2.32. The first-order valence-electron chi connectivity index (χ1n) is 13.6. The van der Waals surface area contributed by atoms with Gasteiger partial charge in [-0.1, -0.05) is 73.4 Å². The summed E-state index contributed by atoms with van der Waals surface area (Å²) in [5, 5.41) is 3.68. The van der Waals surface area contributed by atoms with Crippen molar-refractivity contribution in [3.05, 3.63) is 99.8 Å². The minimum Gasteiger partial charge on any atom is -0.354 e. The number of benzene rings is 3. The number of amides is 2. The van der Waals surface area contributed by atoms with Crippen LogP contribution in [-0.2, 0) is 32.6 Å². The standard InChI is InChI=1S/C31H36Cl2FN3O4S/c1-22(2)20-35-31(39)29(19-23-9-5-4-6-10-23)36(21-26-27(32)11-7-12-28(26)33)30(38)13-8-18-37(42(3,40)41)25-16-14-24(34)15-17-25/h4-7,9-12,14-17,22,29H,8,13,18-21H2,1-3H3,(H,35,39)/t29-/m1/s1. The number of anilines is 1. The molecule has 0 aliphatic rings. The van der Waals surface area contributed by atoms with Gasteiger partial charge in [0.2, 0.25) is 21.8 Å². The number of halogens is 3. The zero-order chi connectivity index (χ0) is 30.9. The van der Waals surface area contributed by atoms with E-state index in [0.717, 1.165) is 16.1 Å². The van der Waals surface area contributed by atoms with Crippen LogP contribution in [0.15, 0.2) is 72.8 Å². The minimum atomic E-state index is -3.71. The predicted molar refractivity (Wildman–Crippen MR) is 167 cm³/mol. The third kappa shape index (κ3) is 9.71. The summed E-state index contributed by atoms with van der Waals surface area (Å²) in [5.74, 6) is -0.967. The third-order valence-electron chi connectivity index (χ3n) is 6.61. The lowest BCUT2D eigenvalue weighted by molar-refractivity contribution is -0.141. The zero-order valence-corrected chi connectivity index (χ0v) is 26.2. The maximum absolute atomic E-state index is 13.9. The summed E-state index contributed by atoms with van der Waals surface area (Å²) in [6.07, 6.45) is 1.40. The van der Waals surface area contributed by atoms with Crippen LogP contribution in [-0.4, -0.2) is 50.5 Å². The first-order chi connectivity index (χ1) is 19.9. The molecule has 0 aromatic heterocycles. The number of hydrogen-bond donors (Lipinski definition) is 1. The van der Waals surface area contributed by atoms with Crippen LogP contribution in [0.3, 0.4) is 0 Å². The van der Waals surface area contributed by atoms with Crippen molar-refractivity contribution in [2.75, 3.05) is 23.7 Å². The van der Waals surface area contributed by atoms with Crippen molar-refractivity contribution in [1.29, 1.82) is 0 Å². The molecule has 1 N–H and O–H groups in total. The van der Waals surface area contributed by atoms with Gasteiger partial charge >= 0.3 is 0 Å². The zero-order valence-electron chi connectivity index (χ0n) is 23.9. The molecule has 0 aliphatic heterocycles. The fourth-order valence-corrected chi connectivity index (χ4v) is 5.92. The highest BCUT2D eigenvalue weighted by atomic mass is 35.5. The molecule has 3 aromatic carbocycles. The summed E-state index contributed by atoms with van der Waals surface area (Å²) < 4.78 is 39.6. The van der Waals surface area contributed by atoms with Crippen molar-refractivity contribution < 1.29 is 22.4 Å². The topological polar surface area (TPSA) is 86.8 Å². The van der Waals surface area contributed by atoms with Crippen LogP contribution in [0.1, 0.15) is 37.8 Å². The van der Waals surface area contributed by atoms with Crippen molar-refractivity contribution >= 4 is 50.7 Å². The van der Waals surface area contributed by atoms with Gasteiger partial charge in [0, 0.05) is 48.1 Å². The Kier molecular flexibility index (Phi) is 12.2. The summed E-state index contributed by atoms with van der Waals surface area (Å²) in [5.41, 5.74) is 1.67. The highest BCUT2D eigenvalue weighted by Gasteiger charge is 2.31. The predicted octanol–water partition coefficient (Wildman–Crippen LogP) is 6.09. The molecule has 7 nitrogen and oxygen atoms in total. The van der Waals surface area contributed by atoms with Crippen LogP contribution in [0.2, 0.25) is 10.0 Å². The molecule has 11 heteroatoms. The molecule has 3 aromatic rings. The second kappa shape index (κ2) is 15.4. The Balaban J connectivity index is 1.92. The van der Waals surface area contributed by atoms with Gasteiger partial charge < -0.3 is 10.2 Å². The Bertz CT molecular complexity index is 1430. The Labute approximate surface area is 257 Å². The molecule has 3 rings (SSSR count). The van der Waals surface area contributed by atoms with Crippen LogP contribution in [0, 0.1) is 11.7 Å². The number of nitrogens with one attached hydrogen (secondary N) is 1. The fourth-order valence-electron chi connectivity index (χ4n) is 4.44. The SMILES string of the molecule is CC(C)CNC(=O)[C@@H](Cc1ccccc1)N(Cc1c(Cl)cccc1Cl)C(=O)CCCN(c1ccc(F)cc1)S(C)(=O)=O. The largest absolute Gasteiger partial charge is 0.354 e. The highest BCUT2D eigenvalue weighted by molar-refractivity contribution is 7.92. The van der Waals surface area contributed by atoms with E-state index in [2.05, 4.69) is 5.32 Å². The number of carbonyl (C=O) groups is 2. The van der Waals surface area contributed by atoms with E-state index in [1.54, 1.807) is 18.2 Å². The van der Waals surface area contributed by atoms with E-state index in [1.165, 1.54) is 29.2 Å². The number of rotatable bonds is 14. The van der Waals surface area contributed by atoms with E-state index in [4.69, 9.17) is 23.2 Å². The van der Waals surface area contributed by atoms with Crippen molar-refractivity contribution in [3.63, 3.8) is 0 Å². The van der Waals surface area contributed by atoms with Gasteiger partial charge in [-0.25, -0.2) is 12.8 Å². The van der Waals surface area contributed by atoms with Gasteiger partial charge in [-0.05, 0) is 54.3 Å². The van der Waals surface area contributed by atoms with E-state index in [9.17, 15) is 22.4 Å². The summed E-state index contributed by atoms with van der Waals surface area (Å²) in [6.45, 7) is 4.36. The summed E-state index contributed by atoms with van der Waals surface area (Å²) >= 11 is 13.0. The number of hydrogen-bond acceptors (Lipinski definition) is 4. The molecule has 0 spiro atoms. The Hall–Kier alpha value is -3.14. The van der Waals surface area contributed by atoms with Crippen molar-refractivity contribution in [2.24, 2.45) is 5.92 Å². The Morgan fingerprint density at radius 1 is 0.929 bits per heavy atom. The first-order valence-corrected chi connectivity index (χ1v) is 16.2. The smallest absolute Gasteiger partial charge is 0.243 e. The van der Waals surface area contributed by atoms with Crippen molar-refractivity contribution in [1.82, 2.24) is 10.2 Å². The second-order valence-corrected chi connectivity index (χ2v) is 13.2. The van der Waals surface area contributed by atoms with Gasteiger partial charge in [0.15, 0.2) is 0 Å². The van der Waals surface area contributed by atoms with Crippen LogP contribution in [0.25, 0.3) is 0 Å². The molecule has 0 unspecified atom stereocenters. The molecule has 0 saturated heterocycles. The maximum atomic E-state index is 13.9. The molecule has 0 saturated carbocycles. The molecule has 0 heterocycles. The van der Waals surface area contributed by atoms with Crippen LogP contribution < -0.4 is 9.62 Å². The quantitative estimate of drug-likeness (QED) is 0.232. The summed E-state index contributed by atoms with van der Waals surface area (Å²) in [7, 11) is -3.71. The number of carbonyl (C=O) groups excluding carboxylic acids is 2. The summed E-state index contributed by atoms with van der Waals surface area (Å²) in [6, 6.07) is 18.6. The lowest BCUT2D eigenvalue weighted by atomic mass is 10.0. The second-order valence-electron chi connectivity index (χ2n) is 10.5. The van der Waals surface area contributed by atoms with Crippen molar-refractivity contribution in [3.8, 4) is 0 Å². The third-order valence-corrected chi connectivity index (χ3v) is 8.51. The molecule has 1 atom stereocenters. The monoisotopic (exact) mass is 635 g/mol. The number of nitrogens with zero attached hydrogens (tertiary/aromatic N) is 2. The molecular weight excluding hydrogens is 600 g/mol. The number of sulfonamides is 1. The molecule has 0 bridgehead atoms. The normalized spacial score (nSPS) is 12.2. The average molecular weight is 637 g/mol. The maximum Gasteiger partial charge on any atom is 0.243 e. The lowest BCUT2D eigenvalue weighted by Crippen LogP contribution is -2.51. The minimum absolute atomic E-state index is 0.0141. The molecular formula is C31H36Cl2FN3O4S. The fraction of sp³-hybridized carbons (Fsp3) is 0.355. The molecule has 0 aliphatic carbocycles. The van der Waals surface area contributed by atoms with Gasteiger partial charge in [-0.15, -0.1) is 0 Å². The first kappa shape index (κ1) is 33.4. The average Bonchev–Trinajstić information content (AvgIpc) is 2.93. The molecule has 0 fully saturated rings. The van der Waals surface area contributed by atoms with E-state index < -0.39 is 21.9 Å². The Morgan fingerprint density at radius 3 is 2.12 bits per heavy atom. The van der Waals surface area contributed by atoms with Gasteiger partial charge in [0.05, 0.1) is 11.9 Å². The van der Waals surface area contributed by atoms with Crippen LogP contribution >= 0.6 is 23.2 Å². The Morgan fingerprint density at radius 2 is 1.55 bits per heavy atom.